The average Bonchev–Trinajstić information content (AvgIpc) is 2.78. The largest absolute Gasteiger partial charge is 0.350 e. The maximum absolute atomic E-state index is 12.3. The number of halogens is 1. The predicted octanol–water partition coefficient (Wildman–Crippen LogP) is 1.76. The molecule has 0 fully saturated rings. The molecule has 1 aromatic carbocycles. The van der Waals surface area contributed by atoms with Crippen molar-refractivity contribution in [2.24, 2.45) is 0 Å². The Morgan fingerprint density at radius 2 is 1.96 bits per heavy atom. The first-order valence-electron chi connectivity index (χ1n) is 6.87. The first-order valence-corrected chi connectivity index (χ1v) is 7.67. The van der Waals surface area contributed by atoms with Gasteiger partial charge in [0.05, 0.1) is 11.1 Å². The molecule has 1 aliphatic rings. The fourth-order valence-electron chi connectivity index (χ4n) is 2.31. The van der Waals surface area contributed by atoms with Crippen LogP contribution >= 0.6 is 15.9 Å². The third-order valence-electron chi connectivity index (χ3n) is 3.45. The molecule has 1 aromatic heterocycles. The second kappa shape index (κ2) is 6.29. The van der Waals surface area contributed by atoms with Crippen LogP contribution in [0.4, 0.5) is 0 Å². The highest BCUT2D eigenvalue weighted by Crippen LogP contribution is 2.25. The molecule has 0 atom stereocenters. The van der Waals surface area contributed by atoms with Crippen LogP contribution in [-0.2, 0) is 11.3 Å². The van der Waals surface area contributed by atoms with E-state index in [1.165, 1.54) is 0 Å². The number of carbonyl (C=O) groups is 3. The molecular formula is C16H12BrN3O3. The van der Waals surface area contributed by atoms with E-state index >= 15 is 0 Å². The lowest BCUT2D eigenvalue weighted by Gasteiger charge is -2.13. The molecule has 3 amide bonds. The van der Waals surface area contributed by atoms with E-state index in [9.17, 15) is 14.4 Å². The van der Waals surface area contributed by atoms with Crippen molar-refractivity contribution < 1.29 is 14.4 Å². The maximum Gasteiger partial charge on any atom is 0.262 e. The minimum Gasteiger partial charge on any atom is -0.350 e. The molecule has 23 heavy (non-hydrogen) atoms. The number of benzene rings is 1. The average molecular weight is 374 g/mol. The summed E-state index contributed by atoms with van der Waals surface area (Å²) in [7, 11) is 0. The Balaban J connectivity index is 1.66. The fraction of sp³-hybridized carbons (Fsp3) is 0.125. The van der Waals surface area contributed by atoms with Crippen LogP contribution in [0.15, 0.2) is 47.2 Å². The Kier molecular flexibility index (Phi) is 4.20. The standard InChI is InChI=1S/C16H12BrN3O3/c17-11-3-4-12-13(6-11)16(23)20(15(12)22)9-14(21)19-8-10-2-1-5-18-7-10/h1-7H,8-9H2,(H,19,21). The number of fused-ring (bicyclic) bond motifs is 1. The molecule has 1 aliphatic heterocycles. The summed E-state index contributed by atoms with van der Waals surface area (Å²) < 4.78 is 0.709. The summed E-state index contributed by atoms with van der Waals surface area (Å²) >= 11 is 3.27. The molecule has 2 aromatic rings. The van der Waals surface area contributed by atoms with Gasteiger partial charge in [-0.2, -0.15) is 0 Å². The van der Waals surface area contributed by atoms with E-state index in [0.29, 0.717) is 22.1 Å². The number of hydrogen-bond donors (Lipinski definition) is 1. The van der Waals surface area contributed by atoms with Gasteiger partial charge in [-0.05, 0) is 29.8 Å². The van der Waals surface area contributed by atoms with E-state index in [4.69, 9.17) is 0 Å². The molecular weight excluding hydrogens is 362 g/mol. The molecule has 0 unspecified atom stereocenters. The zero-order chi connectivity index (χ0) is 16.4. The summed E-state index contributed by atoms with van der Waals surface area (Å²) in [5.74, 6) is -1.31. The number of nitrogens with zero attached hydrogens (tertiary/aromatic N) is 2. The Morgan fingerprint density at radius 3 is 2.70 bits per heavy atom. The normalized spacial score (nSPS) is 13.2. The summed E-state index contributed by atoms with van der Waals surface area (Å²) in [6, 6.07) is 8.45. The van der Waals surface area contributed by atoms with Crippen molar-refractivity contribution in [3.05, 3.63) is 63.9 Å². The summed E-state index contributed by atoms with van der Waals surface area (Å²) in [5.41, 5.74) is 1.47. The Hall–Kier alpha value is -2.54. The van der Waals surface area contributed by atoms with Gasteiger partial charge in [0.2, 0.25) is 5.91 Å². The lowest BCUT2D eigenvalue weighted by atomic mass is 10.1. The van der Waals surface area contributed by atoms with E-state index < -0.39 is 17.7 Å². The number of carbonyl (C=O) groups excluding carboxylic acids is 3. The van der Waals surface area contributed by atoms with Gasteiger partial charge in [-0.15, -0.1) is 0 Å². The van der Waals surface area contributed by atoms with Crippen molar-refractivity contribution in [3.63, 3.8) is 0 Å². The van der Waals surface area contributed by atoms with E-state index in [1.54, 1.807) is 36.7 Å². The predicted molar refractivity (Wildman–Crippen MR) is 85.6 cm³/mol. The fourth-order valence-corrected chi connectivity index (χ4v) is 2.67. The Bertz CT molecular complexity index is 792. The van der Waals surface area contributed by atoms with Crippen molar-refractivity contribution in [1.29, 1.82) is 0 Å². The van der Waals surface area contributed by atoms with Crippen LogP contribution in [0.1, 0.15) is 26.3 Å². The topological polar surface area (TPSA) is 79.4 Å². The summed E-state index contributed by atoms with van der Waals surface area (Å²) in [5, 5.41) is 2.67. The van der Waals surface area contributed by atoms with Gasteiger partial charge in [-0.1, -0.05) is 22.0 Å². The highest BCUT2D eigenvalue weighted by molar-refractivity contribution is 9.10. The SMILES string of the molecule is O=C(CN1C(=O)c2ccc(Br)cc2C1=O)NCc1cccnc1. The molecule has 6 nitrogen and oxygen atoms in total. The van der Waals surface area contributed by atoms with Gasteiger partial charge in [-0.25, -0.2) is 0 Å². The molecule has 0 saturated heterocycles. The van der Waals surface area contributed by atoms with Gasteiger partial charge in [0.15, 0.2) is 0 Å². The molecule has 3 rings (SSSR count). The molecule has 1 N–H and O–H groups in total. The van der Waals surface area contributed by atoms with Crippen LogP contribution in [0.2, 0.25) is 0 Å². The highest BCUT2D eigenvalue weighted by atomic mass is 79.9. The van der Waals surface area contributed by atoms with Crippen molar-refractivity contribution >= 4 is 33.7 Å². The Morgan fingerprint density at radius 1 is 1.17 bits per heavy atom. The second-order valence-electron chi connectivity index (χ2n) is 5.02. The summed E-state index contributed by atoms with van der Waals surface area (Å²) in [6.07, 6.45) is 3.28. The third kappa shape index (κ3) is 3.14. The molecule has 7 heteroatoms. The number of pyridine rings is 1. The lowest BCUT2D eigenvalue weighted by Crippen LogP contribution is -2.40. The van der Waals surface area contributed by atoms with Crippen molar-refractivity contribution in [2.45, 2.75) is 6.54 Å². The second-order valence-corrected chi connectivity index (χ2v) is 5.94. The van der Waals surface area contributed by atoms with Gasteiger partial charge in [0.1, 0.15) is 6.54 Å². The molecule has 0 bridgehead atoms. The molecule has 116 valence electrons. The number of imide groups is 1. The summed E-state index contributed by atoms with van der Waals surface area (Å²) in [4.78, 5) is 41.4. The van der Waals surface area contributed by atoms with Crippen LogP contribution < -0.4 is 5.32 Å². The molecule has 2 heterocycles. The van der Waals surface area contributed by atoms with Gasteiger partial charge < -0.3 is 5.32 Å². The highest BCUT2D eigenvalue weighted by Gasteiger charge is 2.36. The zero-order valence-corrected chi connectivity index (χ0v) is 13.5. The number of amides is 3. The van der Waals surface area contributed by atoms with Gasteiger partial charge in [-0.3, -0.25) is 24.3 Å². The van der Waals surface area contributed by atoms with Gasteiger partial charge in [0.25, 0.3) is 11.8 Å². The first-order chi connectivity index (χ1) is 11.1. The van der Waals surface area contributed by atoms with Crippen LogP contribution in [0, 0.1) is 0 Å². The van der Waals surface area contributed by atoms with Crippen LogP contribution in [0.25, 0.3) is 0 Å². The summed E-state index contributed by atoms with van der Waals surface area (Å²) in [6.45, 7) is -0.00831. The molecule has 0 radical (unpaired) electrons. The van der Waals surface area contributed by atoms with Crippen LogP contribution in [0.5, 0.6) is 0 Å². The van der Waals surface area contributed by atoms with Crippen LogP contribution in [-0.4, -0.2) is 34.2 Å². The lowest BCUT2D eigenvalue weighted by molar-refractivity contribution is -0.121. The minimum atomic E-state index is -0.456. The molecule has 0 aliphatic carbocycles. The monoisotopic (exact) mass is 373 g/mol. The third-order valence-corrected chi connectivity index (χ3v) is 3.94. The van der Waals surface area contributed by atoms with E-state index in [-0.39, 0.29) is 6.54 Å². The molecule has 0 spiro atoms. The van der Waals surface area contributed by atoms with Gasteiger partial charge in [0, 0.05) is 23.4 Å². The Labute approximate surface area is 140 Å². The van der Waals surface area contributed by atoms with E-state index in [0.717, 1.165) is 10.5 Å². The van der Waals surface area contributed by atoms with E-state index in [2.05, 4.69) is 26.2 Å². The minimum absolute atomic E-state index is 0.293. The molecule has 0 saturated carbocycles. The first kappa shape index (κ1) is 15.4. The van der Waals surface area contributed by atoms with Crippen molar-refractivity contribution in [3.8, 4) is 0 Å². The smallest absolute Gasteiger partial charge is 0.262 e. The van der Waals surface area contributed by atoms with Crippen LogP contribution in [0.3, 0.4) is 0 Å². The maximum atomic E-state index is 12.3. The van der Waals surface area contributed by atoms with Crippen molar-refractivity contribution in [1.82, 2.24) is 15.2 Å². The van der Waals surface area contributed by atoms with E-state index in [1.807, 2.05) is 6.07 Å². The number of hydrogen-bond acceptors (Lipinski definition) is 4. The zero-order valence-electron chi connectivity index (χ0n) is 12.0. The number of rotatable bonds is 4. The van der Waals surface area contributed by atoms with Crippen molar-refractivity contribution in [2.75, 3.05) is 6.54 Å². The number of aromatic nitrogens is 1. The van der Waals surface area contributed by atoms with Gasteiger partial charge >= 0.3 is 0 Å². The number of nitrogens with one attached hydrogen (secondary N) is 1. The quantitative estimate of drug-likeness (QED) is 0.828.